The summed E-state index contributed by atoms with van der Waals surface area (Å²) in [6.07, 6.45) is 4.38. The molecule has 1 aromatic heterocycles. The maximum Gasteiger partial charge on any atom is 0.282 e. The zero-order valence-corrected chi connectivity index (χ0v) is 34.2. The molecular weight excluding hydrogens is 813 g/mol. The molecule has 306 valence electrons. The van der Waals surface area contributed by atoms with E-state index in [-0.39, 0.29) is 53.1 Å². The molecule has 8 rings (SSSR count). The van der Waals surface area contributed by atoms with Crippen LogP contribution in [0.15, 0.2) is 51.9 Å². The zero-order valence-electron chi connectivity index (χ0n) is 32.6. The van der Waals surface area contributed by atoms with Crippen molar-refractivity contribution in [2.75, 3.05) is 76.2 Å². The van der Waals surface area contributed by atoms with Crippen LogP contribution in [0.5, 0.6) is 0 Å². The van der Waals surface area contributed by atoms with Gasteiger partial charge < -0.3 is 20.0 Å². The Morgan fingerprint density at radius 3 is 2.29 bits per heavy atom. The molecule has 0 saturated carbocycles. The number of hydrogen-bond donors (Lipinski definition) is 2. The summed E-state index contributed by atoms with van der Waals surface area (Å²) in [5.74, 6) is -2.41. The number of nitrogens with zero attached hydrogens (tertiary/aromatic N) is 7. The highest BCUT2D eigenvalue weighted by atomic mass is 79.9. The van der Waals surface area contributed by atoms with Gasteiger partial charge in [-0.1, -0.05) is 12.1 Å². The summed E-state index contributed by atoms with van der Waals surface area (Å²) >= 11 is 3.42. The van der Waals surface area contributed by atoms with Crippen LogP contribution in [-0.2, 0) is 16.6 Å². The van der Waals surface area contributed by atoms with Crippen LogP contribution < -0.4 is 21.1 Å². The lowest BCUT2D eigenvalue weighted by Crippen LogP contribution is -2.54. The third-order valence-corrected chi connectivity index (χ3v) is 13.1. The summed E-state index contributed by atoms with van der Waals surface area (Å²) in [6, 6.07) is 9.54. The van der Waals surface area contributed by atoms with Crippen LogP contribution in [0.3, 0.4) is 0 Å². The second kappa shape index (κ2) is 16.3. The van der Waals surface area contributed by atoms with E-state index < -0.39 is 35.5 Å². The van der Waals surface area contributed by atoms with E-state index >= 15 is 4.39 Å². The highest BCUT2D eigenvalue weighted by Gasteiger charge is 2.45. The van der Waals surface area contributed by atoms with E-state index in [4.69, 9.17) is 0 Å². The first kappa shape index (κ1) is 39.8. The quantitative estimate of drug-likeness (QED) is 0.321. The Morgan fingerprint density at radius 2 is 1.60 bits per heavy atom. The number of benzene rings is 2. The standard InChI is InChI=1S/C41H47BrFN9O6/c1-47-22-27(17-28(23-47)45-32-20-44-48(2)41(58)36(32)42)25-3-5-26(6-4-25)38(55)51-11-9-24(10-12-51)21-49-13-15-50(16-14-49)34-19-30-29(18-31(34)43)39(56)52(40(30)57)33-7-8-35(53)46-37(33)54/h3-6,18-20,24,27-28,33,45H,7-17,21-23H2,1-2H3,(H,46,53,54)/t27-,28+,33?/m0/s1. The number of aromatic nitrogens is 2. The van der Waals surface area contributed by atoms with Crippen LogP contribution in [0.25, 0.3) is 0 Å². The van der Waals surface area contributed by atoms with Gasteiger partial charge in [-0.3, -0.25) is 43.9 Å². The topological polar surface area (TPSA) is 160 Å². The number of likely N-dealkylation sites (N-methyl/N-ethyl adjacent to an activating group) is 1. The molecule has 2 N–H and O–H groups in total. The number of piperazine rings is 1. The molecule has 5 aliphatic heterocycles. The molecule has 1 unspecified atom stereocenters. The predicted octanol–water partition coefficient (Wildman–Crippen LogP) is 2.66. The molecule has 0 aliphatic carbocycles. The van der Waals surface area contributed by atoms with Gasteiger partial charge in [-0.15, -0.1) is 0 Å². The molecule has 0 bridgehead atoms. The summed E-state index contributed by atoms with van der Waals surface area (Å²) in [7, 11) is 3.71. The molecule has 5 amide bonds. The number of amides is 5. The molecule has 5 aliphatic rings. The van der Waals surface area contributed by atoms with Crippen molar-refractivity contribution >= 4 is 56.8 Å². The Balaban J connectivity index is 0.807. The van der Waals surface area contributed by atoms with Crippen molar-refractivity contribution in [1.29, 1.82) is 0 Å². The van der Waals surface area contributed by atoms with Crippen LogP contribution in [0.4, 0.5) is 15.8 Å². The molecule has 6 heterocycles. The average molecular weight is 861 g/mol. The van der Waals surface area contributed by atoms with E-state index in [1.54, 1.807) is 13.2 Å². The lowest BCUT2D eigenvalue weighted by Gasteiger charge is -2.39. The average Bonchev–Trinajstić information content (AvgIpc) is 3.45. The zero-order chi connectivity index (χ0) is 40.8. The van der Waals surface area contributed by atoms with Gasteiger partial charge in [0.1, 0.15) is 16.3 Å². The molecule has 2 aromatic carbocycles. The maximum absolute atomic E-state index is 15.4. The van der Waals surface area contributed by atoms with E-state index in [1.807, 2.05) is 21.9 Å². The fourth-order valence-electron chi connectivity index (χ4n) is 9.15. The second-order valence-electron chi connectivity index (χ2n) is 16.2. The SMILES string of the molecule is CN1C[C@H](Nc2cnn(C)c(=O)c2Br)C[C@H](c2ccc(C(=O)N3CCC(CN4CCN(c5cc6c(cc5F)C(=O)N(C5CCC(=O)NC5=O)C6=O)CC4)CC3)cc2)C1. The number of likely N-dealkylation sites (tertiary alicyclic amines) is 2. The Kier molecular flexibility index (Phi) is 11.2. The van der Waals surface area contributed by atoms with E-state index in [9.17, 15) is 28.8 Å². The van der Waals surface area contributed by atoms with Crippen molar-refractivity contribution in [1.82, 2.24) is 34.7 Å². The summed E-state index contributed by atoms with van der Waals surface area (Å²) in [4.78, 5) is 85.7. The van der Waals surface area contributed by atoms with Crippen LogP contribution in [0.2, 0.25) is 0 Å². The maximum atomic E-state index is 15.4. The fraction of sp³-hybridized carbons (Fsp3) is 0.488. The van der Waals surface area contributed by atoms with Gasteiger partial charge in [0, 0.05) is 84.0 Å². The van der Waals surface area contributed by atoms with Gasteiger partial charge in [-0.2, -0.15) is 5.10 Å². The van der Waals surface area contributed by atoms with E-state index in [1.165, 1.54) is 16.3 Å². The van der Waals surface area contributed by atoms with Crippen LogP contribution in [0, 0.1) is 11.7 Å². The molecule has 0 spiro atoms. The number of rotatable bonds is 8. The number of piperidine rings is 3. The molecule has 3 atom stereocenters. The number of hydrogen-bond acceptors (Lipinski definition) is 11. The number of fused-ring (bicyclic) bond motifs is 1. The lowest BCUT2D eigenvalue weighted by molar-refractivity contribution is -0.136. The van der Waals surface area contributed by atoms with Crippen LogP contribution >= 0.6 is 15.9 Å². The van der Waals surface area contributed by atoms with E-state index in [2.05, 4.69) is 60.6 Å². The number of aryl methyl sites for hydroxylation is 1. The Bertz CT molecular complexity index is 2200. The highest BCUT2D eigenvalue weighted by molar-refractivity contribution is 9.10. The first-order chi connectivity index (χ1) is 27.8. The molecule has 3 aromatic rings. The number of carbonyl (C=O) groups excluding carboxylic acids is 5. The number of imide groups is 2. The minimum Gasteiger partial charge on any atom is -0.379 e. The van der Waals surface area contributed by atoms with Crippen molar-refractivity contribution in [3.63, 3.8) is 0 Å². The van der Waals surface area contributed by atoms with E-state index in [0.29, 0.717) is 60.9 Å². The number of anilines is 2. The molecule has 15 nitrogen and oxygen atoms in total. The van der Waals surface area contributed by atoms with Crippen LogP contribution in [0.1, 0.15) is 74.7 Å². The smallest absolute Gasteiger partial charge is 0.282 e. The largest absolute Gasteiger partial charge is 0.379 e. The third kappa shape index (κ3) is 7.91. The molecule has 4 saturated heterocycles. The first-order valence-electron chi connectivity index (χ1n) is 19.9. The predicted molar refractivity (Wildman–Crippen MR) is 216 cm³/mol. The molecule has 4 fully saturated rings. The molecular formula is C41H47BrFN9O6. The highest BCUT2D eigenvalue weighted by Crippen LogP contribution is 2.34. The van der Waals surface area contributed by atoms with Gasteiger partial charge in [0.25, 0.3) is 23.3 Å². The normalized spacial score (nSPS) is 23.7. The molecule has 58 heavy (non-hydrogen) atoms. The van der Waals surface area contributed by atoms with Gasteiger partial charge in [0.2, 0.25) is 11.8 Å². The number of carbonyl (C=O) groups is 5. The van der Waals surface area contributed by atoms with Crippen molar-refractivity contribution in [2.45, 2.75) is 50.1 Å². The van der Waals surface area contributed by atoms with Gasteiger partial charge in [-0.05, 0) is 90.3 Å². The minimum absolute atomic E-state index is 0.0129. The van der Waals surface area contributed by atoms with E-state index in [0.717, 1.165) is 49.9 Å². The molecule has 17 heteroatoms. The third-order valence-electron chi connectivity index (χ3n) is 12.3. The van der Waals surface area contributed by atoms with Crippen molar-refractivity contribution in [3.05, 3.63) is 85.5 Å². The summed E-state index contributed by atoms with van der Waals surface area (Å²) < 4.78 is 17.2. The van der Waals surface area contributed by atoms with Gasteiger partial charge >= 0.3 is 0 Å². The summed E-state index contributed by atoms with van der Waals surface area (Å²) in [5.41, 5.74) is 2.59. The number of nitrogens with one attached hydrogen (secondary N) is 2. The van der Waals surface area contributed by atoms with Gasteiger partial charge in [0.05, 0.1) is 28.7 Å². The Morgan fingerprint density at radius 1 is 0.914 bits per heavy atom. The Labute approximate surface area is 343 Å². The van der Waals surface area contributed by atoms with Crippen molar-refractivity contribution < 1.29 is 28.4 Å². The lowest BCUT2D eigenvalue weighted by atomic mass is 9.87. The second-order valence-corrected chi connectivity index (χ2v) is 17.0. The number of halogens is 2. The van der Waals surface area contributed by atoms with Crippen LogP contribution in [-0.4, -0.2) is 137 Å². The Hall–Kier alpha value is -5.00. The van der Waals surface area contributed by atoms with Gasteiger partial charge in [-0.25, -0.2) is 9.07 Å². The summed E-state index contributed by atoms with van der Waals surface area (Å²) in [6.45, 7) is 6.46. The fourth-order valence-corrected chi connectivity index (χ4v) is 9.63. The first-order valence-corrected chi connectivity index (χ1v) is 20.7. The van der Waals surface area contributed by atoms with Crippen molar-refractivity contribution in [3.8, 4) is 0 Å². The van der Waals surface area contributed by atoms with Gasteiger partial charge in [0.15, 0.2) is 0 Å². The minimum atomic E-state index is -1.10. The monoisotopic (exact) mass is 859 g/mol. The van der Waals surface area contributed by atoms with Crippen molar-refractivity contribution in [2.24, 2.45) is 13.0 Å². The molecule has 0 radical (unpaired) electrons. The summed E-state index contributed by atoms with van der Waals surface area (Å²) in [5, 5.41) is 9.83.